The molecule has 1 aromatic heterocycles. The molecule has 0 saturated carbocycles. The quantitative estimate of drug-likeness (QED) is 0.904. The van der Waals surface area contributed by atoms with Crippen LogP contribution in [0.15, 0.2) is 18.3 Å². The Morgan fingerprint density at radius 1 is 1.32 bits per heavy atom. The second-order valence-corrected chi connectivity index (χ2v) is 6.72. The first-order valence-corrected chi connectivity index (χ1v) is 7.34. The monoisotopic (exact) mass is 261 g/mol. The maximum absolute atomic E-state index is 4.27. The van der Waals surface area contributed by atoms with E-state index in [2.05, 4.69) is 48.1 Å². The number of nitrogens with one attached hydrogen (secondary N) is 1. The Balaban J connectivity index is 1.88. The minimum Gasteiger partial charge on any atom is -0.373 e. The molecule has 0 aromatic carbocycles. The zero-order valence-corrected chi connectivity index (χ0v) is 12.7. The van der Waals surface area contributed by atoms with Crippen molar-refractivity contribution in [1.82, 2.24) is 9.88 Å². The highest BCUT2D eigenvalue weighted by molar-refractivity contribution is 5.36. The fourth-order valence-corrected chi connectivity index (χ4v) is 2.92. The number of hydrogen-bond donors (Lipinski definition) is 1. The van der Waals surface area contributed by atoms with Crippen molar-refractivity contribution in [2.75, 3.05) is 25.5 Å². The van der Waals surface area contributed by atoms with Crippen molar-refractivity contribution in [1.29, 1.82) is 0 Å². The van der Waals surface area contributed by atoms with E-state index in [9.17, 15) is 0 Å². The molecule has 1 aliphatic rings. The number of nitrogens with zero attached hydrogens (tertiary/aromatic N) is 2. The zero-order valence-electron chi connectivity index (χ0n) is 12.7. The van der Waals surface area contributed by atoms with Gasteiger partial charge in [0.1, 0.15) is 5.82 Å². The lowest BCUT2D eigenvalue weighted by Gasteiger charge is -2.38. The molecule has 1 saturated heterocycles. The van der Waals surface area contributed by atoms with E-state index in [-0.39, 0.29) is 0 Å². The van der Waals surface area contributed by atoms with Crippen LogP contribution in [-0.2, 0) is 6.54 Å². The second-order valence-electron chi connectivity index (χ2n) is 6.72. The second kappa shape index (κ2) is 5.91. The molecule has 0 spiro atoms. The SMILES string of the molecule is CNc1cc(CN2CCC(C(C)(C)C)CC2)ccn1. The lowest BCUT2D eigenvalue weighted by molar-refractivity contribution is 0.108. The van der Waals surface area contributed by atoms with Crippen molar-refractivity contribution in [2.45, 2.75) is 40.2 Å². The van der Waals surface area contributed by atoms with Gasteiger partial charge in [0.05, 0.1) is 0 Å². The van der Waals surface area contributed by atoms with Gasteiger partial charge in [0.25, 0.3) is 0 Å². The van der Waals surface area contributed by atoms with E-state index in [4.69, 9.17) is 0 Å². The van der Waals surface area contributed by atoms with Gasteiger partial charge < -0.3 is 5.32 Å². The van der Waals surface area contributed by atoms with Crippen molar-refractivity contribution >= 4 is 5.82 Å². The molecule has 2 heterocycles. The van der Waals surface area contributed by atoms with Crippen LogP contribution in [0.25, 0.3) is 0 Å². The van der Waals surface area contributed by atoms with Crippen LogP contribution < -0.4 is 5.32 Å². The predicted octanol–water partition coefficient (Wildman–Crippen LogP) is 3.38. The minimum atomic E-state index is 0.460. The van der Waals surface area contributed by atoms with Gasteiger partial charge in [-0.3, -0.25) is 4.90 Å². The lowest BCUT2D eigenvalue weighted by Crippen LogP contribution is -2.37. The Hall–Kier alpha value is -1.09. The first kappa shape index (κ1) is 14.3. The number of rotatable bonds is 3. The minimum absolute atomic E-state index is 0.460. The summed E-state index contributed by atoms with van der Waals surface area (Å²) in [6.45, 7) is 10.6. The summed E-state index contributed by atoms with van der Waals surface area (Å²) in [5.41, 5.74) is 1.82. The number of anilines is 1. The Bertz CT molecular complexity index is 401. The summed E-state index contributed by atoms with van der Waals surface area (Å²) in [5, 5.41) is 3.10. The third-order valence-electron chi connectivity index (χ3n) is 4.30. The molecular formula is C16H27N3. The highest BCUT2D eigenvalue weighted by Crippen LogP contribution is 2.34. The van der Waals surface area contributed by atoms with Gasteiger partial charge in [0.15, 0.2) is 0 Å². The van der Waals surface area contributed by atoms with Crippen LogP contribution in [0.2, 0.25) is 0 Å². The van der Waals surface area contributed by atoms with Crippen molar-refractivity contribution in [3.8, 4) is 0 Å². The summed E-state index contributed by atoms with van der Waals surface area (Å²) in [6.07, 6.45) is 4.55. The van der Waals surface area contributed by atoms with Crippen molar-refractivity contribution in [3.63, 3.8) is 0 Å². The van der Waals surface area contributed by atoms with Crippen LogP contribution >= 0.6 is 0 Å². The molecule has 1 N–H and O–H groups in total. The van der Waals surface area contributed by atoms with Gasteiger partial charge in [0.2, 0.25) is 0 Å². The normalized spacial score (nSPS) is 18.5. The first-order chi connectivity index (χ1) is 8.99. The van der Waals surface area contributed by atoms with E-state index in [1.807, 2.05) is 13.2 Å². The lowest BCUT2D eigenvalue weighted by atomic mass is 9.75. The van der Waals surface area contributed by atoms with Crippen LogP contribution in [0.1, 0.15) is 39.2 Å². The fourth-order valence-electron chi connectivity index (χ4n) is 2.92. The highest BCUT2D eigenvalue weighted by Gasteiger charge is 2.28. The third kappa shape index (κ3) is 3.93. The molecule has 0 bridgehead atoms. The maximum atomic E-state index is 4.27. The van der Waals surface area contributed by atoms with Gasteiger partial charge in [-0.2, -0.15) is 0 Å². The Kier molecular flexibility index (Phi) is 4.46. The van der Waals surface area contributed by atoms with Gasteiger partial charge in [-0.1, -0.05) is 20.8 Å². The van der Waals surface area contributed by atoms with Crippen molar-refractivity contribution in [2.24, 2.45) is 11.3 Å². The van der Waals surface area contributed by atoms with E-state index in [0.29, 0.717) is 5.41 Å². The van der Waals surface area contributed by atoms with Crippen LogP contribution in [0.4, 0.5) is 5.82 Å². The largest absolute Gasteiger partial charge is 0.373 e. The molecule has 0 atom stereocenters. The van der Waals surface area contributed by atoms with E-state index in [0.717, 1.165) is 18.3 Å². The number of aromatic nitrogens is 1. The average molecular weight is 261 g/mol. The van der Waals surface area contributed by atoms with Gasteiger partial charge in [-0.05, 0) is 55.0 Å². The number of pyridine rings is 1. The summed E-state index contributed by atoms with van der Waals surface area (Å²) >= 11 is 0. The number of hydrogen-bond acceptors (Lipinski definition) is 3. The Labute approximate surface area is 117 Å². The van der Waals surface area contributed by atoms with Gasteiger partial charge >= 0.3 is 0 Å². The third-order valence-corrected chi connectivity index (χ3v) is 4.30. The van der Waals surface area contributed by atoms with Crippen LogP contribution in [0, 0.1) is 11.3 Å². The van der Waals surface area contributed by atoms with Crippen molar-refractivity contribution in [3.05, 3.63) is 23.9 Å². The zero-order chi connectivity index (χ0) is 13.9. The van der Waals surface area contributed by atoms with Crippen LogP contribution in [0.3, 0.4) is 0 Å². The standard InChI is InChI=1S/C16H27N3/c1-16(2,3)14-6-9-19(10-7-14)12-13-5-8-18-15(11-13)17-4/h5,8,11,14H,6-7,9-10,12H2,1-4H3,(H,17,18). The molecular weight excluding hydrogens is 234 g/mol. The van der Waals surface area contributed by atoms with E-state index in [1.165, 1.54) is 31.5 Å². The van der Waals surface area contributed by atoms with Gasteiger partial charge in [0, 0.05) is 19.8 Å². The van der Waals surface area contributed by atoms with E-state index < -0.39 is 0 Å². The number of piperidine rings is 1. The van der Waals surface area contributed by atoms with Crippen molar-refractivity contribution < 1.29 is 0 Å². The van der Waals surface area contributed by atoms with E-state index >= 15 is 0 Å². The number of likely N-dealkylation sites (tertiary alicyclic amines) is 1. The smallest absolute Gasteiger partial charge is 0.125 e. The molecule has 3 nitrogen and oxygen atoms in total. The molecule has 0 aliphatic carbocycles. The van der Waals surface area contributed by atoms with Gasteiger partial charge in [-0.25, -0.2) is 4.98 Å². The van der Waals surface area contributed by atoms with Crippen LogP contribution in [-0.4, -0.2) is 30.0 Å². The molecule has 19 heavy (non-hydrogen) atoms. The Morgan fingerprint density at radius 2 is 2.00 bits per heavy atom. The molecule has 2 rings (SSSR count). The predicted molar refractivity (Wildman–Crippen MR) is 81.2 cm³/mol. The summed E-state index contributed by atoms with van der Waals surface area (Å²) in [5.74, 6) is 1.83. The highest BCUT2D eigenvalue weighted by atomic mass is 15.1. The molecule has 3 heteroatoms. The fraction of sp³-hybridized carbons (Fsp3) is 0.688. The van der Waals surface area contributed by atoms with Gasteiger partial charge in [-0.15, -0.1) is 0 Å². The summed E-state index contributed by atoms with van der Waals surface area (Å²) < 4.78 is 0. The first-order valence-electron chi connectivity index (χ1n) is 7.34. The molecule has 1 fully saturated rings. The summed E-state index contributed by atoms with van der Waals surface area (Å²) in [4.78, 5) is 6.83. The van der Waals surface area contributed by atoms with Crippen LogP contribution in [0.5, 0.6) is 0 Å². The maximum Gasteiger partial charge on any atom is 0.125 e. The Morgan fingerprint density at radius 3 is 2.58 bits per heavy atom. The topological polar surface area (TPSA) is 28.2 Å². The summed E-state index contributed by atoms with van der Waals surface area (Å²) in [6, 6.07) is 4.27. The molecule has 1 aliphatic heterocycles. The average Bonchev–Trinajstić information content (AvgIpc) is 2.38. The molecule has 1 aromatic rings. The molecule has 106 valence electrons. The molecule has 0 radical (unpaired) electrons. The molecule has 0 unspecified atom stereocenters. The van der Waals surface area contributed by atoms with E-state index in [1.54, 1.807) is 0 Å². The molecule has 0 amide bonds. The summed E-state index contributed by atoms with van der Waals surface area (Å²) in [7, 11) is 1.92.